The van der Waals surface area contributed by atoms with E-state index in [0.717, 1.165) is 12.8 Å². The minimum atomic E-state index is -0.0373. The molecule has 0 saturated heterocycles. The number of carbonyl (C=O) groups is 2. The highest BCUT2D eigenvalue weighted by Crippen LogP contribution is 2.24. The molecule has 0 unspecified atom stereocenters. The summed E-state index contributed by atoms with van der Waals surface area (Å²) in [5, 5.41) is 0. The molecule has 1 aromatic rings. The molecule has 0 heterocycles. The molecule has 0 spiro atoms. The monoisotopic (exact) mass is 242 g/mol. The highest BCUT2D eigenvalue weighted by molar-refractivity contribution is 6.24. The molecule has 1 aliphatic rings. The molecule has 0 fully saturated rings. The van der Waals surface area contributed by atoms with Crippen molar-refractivity contribution in [3.05, 3.63) is 47.0 Å². The maximum Gasteiger partial charge on any atom is 0.189 e. The van der Waals surface area contributed by atoms with Gasteiger partial charge in [-0.1, -0.05) is 44.5 Å². The molecular weight excluding hydrogens is 224 g/mol. The molecule has 0 aromatic heterocycles. The van der Waals surface area contributed by atoms with Gasteiger partial charge in [0.1, 0.15) is 0 Å². The van der Waals surface area contributed by atoms with E-state index in [-0.39, 0.29) is 11.6 Å². The highest BCUT2D eigenvalue weighted by Gasteiger charge is 2.24. The van der Waals surface area contributed by atoms with Gasteiger partial charge in [-0.15, -0.1) is 0 Å². The average Bonchev–Trinajstić information content (AvgIpc) is 2.35. The van der Waals surface area contributed by atoms with Gasteiger partial charge >= 0.3 is 0 Å². The molecule has 2 rings (SSSR count). The summed E-state index contributed by atoms with van der Waals surface area (Å²) in [5.41, 5.74) is 1.76. The number of hydrogen-bond donors (Lipinski definition) is 0. The van der Waals surface area contributed by atoms with Crippen LogP contribution in [0.4, 0.5) is 0 Å². The van der Waals surface area contributed by atoms with Crippen LogP contribution in [0.15, 0.2) is 35.9 Å². The number of allylic oxidation sites excluding steroid dienone is 2. The quantitative estimate of drug-likeness (QED) is 0.804. The third-order valence-corrected chi connectivity index (χ3v) is 3.26. The summed E-state index contributed by atoms with van der Waals surface area (Å²) in [4.78, 5) is 24.1. The van der Waals surface area contributed by atoms with Gasteiger partial charge in [0.15, 0.2) is 11.6 Å². The third kappa shape index (κ3) is 2.58. The van der Waals surface area contributed by atoms with Crippen molar-refractivity contribution < 1.29 is 9.59 Å². The van der Waals surface area contributed by atoms with Crippen LogP contribution in [0.25, 0.3) is 0 Å². The number of carbonyl (C=O) groups excluding carboxylic acids is 2. The van der Waals surface area contributed by atoms with Gasteiger partial charge in [0, 0.05) is 16.7 Å². The van der Waals surface area contributed by atoms with Crippen molar-refractivity contribution in [1.29, 1.82) is 0 Å². The number of rotatable bonds is 4. The lowest BCUT2D eigenvalue weighted by Gasteiger charge is -2.15. The van der Waals surface area contributed by atoms with Crippen molar-refractivity contribution >= 4 is 11.6 Å². The maximum atomic E-state index is 12.2. The fourth-order valence-corrected chi connectivity index (χ4v) is 2.26. The van der Waals surface area contributed by atoms with Gasteiger partial charge in [0.2, 0.25) is 0 Å². The molecule has 0 bridgehead atoms. The molecule has 2 nitrogen and oxygen atoms in total. The predicted octanol–water partition coefficient (Wildman–Crippen LogP) is 3.82. The van der Waals surface area contributed by atoms with E-state index in [2.05, 4.69) is 13.8 Å². The summed E-state index contributed by atoms with van der Waals surface area (Å²) in [6.45, 7) is 4.33. The Hall–Kier alpha value is -1.70. The molecule has 1 aliphatic carbocycles. The number of fused-ring (bicyclic) bond motifs is 1. The molecule has 18 heavy (non-hydrogen) atoms. The Labute approximate surface area is 108 Å². The summed E-state index contributed by atoms with van der Waals surface area (Å²) < 4.78 is 0. The Bertz CT molecular complexity index is 510. The minimum absolute atomic E-state index is 0.0222. The lowest BCUT2D eigenvalue weighted by Crippen LogP contribution is -2.16. The van der Waals surface area contributed by atoms with Gasteiger partial charge in [0.25, 0.3) is 0 Å². The number of hydrogen-bond acceptors (Lipinski definition) is 2. The summed E-state index contributed by atoms with van der Waals surface area (Å²) in [6, 6.07) is 7.06. The van der Waals surface area contributed by atoms with Crippen LogP contribution in [0, 0.1) is 5.92 Å². The van der Waals surface area contributed by atoms with E-state index in [1.165, 1.54) is 6.08 Å². The molecule has 2 heteroatoms. The Morgan fingerprint density at radius 3 is 2.39 bits per heavy atom. The maximum absolute atomic E-state index is 12.2. The molecule has 0 atom stereocenters. The first kappa shape index (κ1) is 12.7. The standard InChI is InChI=1S/C16H18O2/c1-11(2)6-5-7-12-10-15(17)13-8-3-4-9-14(13)16(12)18/h3-4,8-11H,5-7H2,1-2H3. The van der Waals surface area contributed by atoms with E-state index >= 15 is 0 Å². The smallest absolute Gasteiger partial charge is 0.189 e. The fourth-order valence-electron chi connectivity index (χ4n) is 2.26. The minimum Gasteiger partial charge on any atom is -0.289 e. The van der Waals surface area contributed by atoms with Gasteiger partial charge in [-0.05, 0) is 24.8 Å². The molecular formula is C16H18O2. The highest BCUT2D eigenvalue weighted by atomic mass is 16.1. The number of Topliss-reactive ketones (excluding diaryl/α,β-unsaturated/α-hetero) is 1. The SMILES string of the molecule is CC(C)CCCC1=CC(=O)c2ccccc2C1=O. The fraction of sp³-hybridized carbons (Fsp3) is 0.375. The Morgan fingerprint density at radius 1 is 1.06 bits per heavy atom. The topological polar surface area (TPSA) is 34.1 Å². The van der Waals surface area contributed by atoms with Crippen molar-refractivity contribution in [2.75, 3.05) is 0 Å². The van der Waals surface area contributed by atoms with E-state index in [1.807, 2.05) is 0 Å². The van der Waals surface area contributed by atoms with E-state index < -0.39 is 0 Å². The van der Waals surface area contributed by atoms with Gasteiger partial charge in [-0.2, -0.15) is 0 Å². The van der Waals surface area contributed by atoms with Gasteiger partial charge < -0.3 is 0 Å². The molecule has 0 amide bonds. The summed E-state index contributed by atoms with van der Waals surface area (Å²) in [7, 11) is 0. The van der Waals surface area contributed by atoms with Crippen LogP contribution < -0.4 is 0 Å². The van der Waals surface area contributed by atoms with Crippen molar-refractivity contribution in [2.45, 2.75) is 33.1 Å². The third-order valence-electron chi connectivity index (χ3n) is 3.26. The molecule has 1 aromatic carbocycles. The first-order valence-electron chi connectivity index (χ1n) is 6.48. The van der Waals surface area contributed by atoms with Crippen LogP contribution in [-0.4, -0.2) is 11.6 Å². The molecule has 94 valence electrons. The van der Waals surface area contributed by atoms with Crippen molar-refractivity contribution in [3.63, 3.8) is 0 Å². The van der Waals surface area contributed by atoms with Crippen LogP contribution >= 0.6 is 0 Å². The van der Waals surface area contributed by atoms with Gasteiger partial charge in [0.05, 0.1) is 0 Å². The van der Waals surface area contributed by atoms with Crippen LogP contribution in [-0.2, 0) is 0 Å². The van der Waals surface area contributed by atoms with Crippen LogP contribution in [0.2, 0.25) is 0 Å². The lowest BCUT2D eigenvalue weighted by atomic mass is 9.87. The van der Waals surface area contributed by atoms with Crippen molar-refractivity contribution in [2.24, 2.45) is 5.92 Å². The lowest BCUT2D eigenvalue weighted by molar-refractivity contribution is 0.0981. The molecule has 0 saturated carbocycles. The number of ketones is 2. The van der Waals surface area contributed by atoms with Crippen molar-refractivity contribution in [3.8, 4) is 0 Å². The van der Waals surface area contributed by atoms with E-state index in [9.17, 15) is 9.59 Å². The van der Waals surface area contributed by atoms with E-state index in [4.69, 9.17) is 0 Å². The second-order valence-electron chi connectivity index (χ2n) is 5.19. The Morgan fingerprint density at radius 2 is 1.72 bits per heavy atom. The van der Waals surface area contributed by atoms with Gasteiger partial charge in [-0.25, -0.2) is 0 Å². The summed E-state index contributed by atoms with van der Waals surface area (Å²) >= 11 is 0. The summed E-state index contributed by atoms with van der Waals surface area (Å²) in [6.07, 6.45) is 4.27. The zero-order chi connectivity index (χ0) is 13.1. The van der Waals surface area contributed by atoms with Crippen molar-refractivity contribution in [1.82, 2.24) is 0 Å². The predicted molar refractivity (Wildman–Crippen MR) is 71.9 cm³/mol. The van der Waals surface area contributed by atoms with E-state index in [0.29, 0.717) is 29.0 Å². The Kier molecular flexibility index (Phi) is 3.75. The summed E-state index contributed by atoms with van der Waals surface area (Å²) in [5.74, 6) is 0.617. The zero-order valence-corrected chi connectivity index (χ0v) is 10.9. The second-order valence-corrected chi connectivity index (χ2v) is 5.19. The van der Waals surface area contributed by atoms with Crippen LogP contribution in [0.1, 0.15) is 53.8 Å². The van der Waals surface area contributed by atoms with Gasteiger partial charge in [-0.3, -0.25) is 9.59 Å². The molecule has 0 radical (unpaired) electrons. The normalized spacial score (nSPS) is 14.7. The first-order chi connectivity index (χ1) is 8.59. The van der Waals surface area contributed by atoms with E-state index in [1.54, 1.807) is 24.3 Å². The zero-order valence-electron chi connectivity index (χ0n) is 10.9. The Balaban J connectivity index is 2.16. The molecule has 0 N–H and O–H groups in total. The molecule has 0 aliphatic heterocycles. The number of benzene rings is 1. The first-order valence-corrected chi connectivity index (χ1v) is 6.48. The van der Waals surface area contributed by atoms with Crippen LogP contribution in [0.3, 0.4) is 0 Å². The average molecular weight is 242 g/mol. The van der Waals surface area contributed by atoms with Crippen LogP contribution in [0.5, 0.6) is 0 Å². The largest absolute Gasteiger partial charge is 0.289 e. The second kappa shape index (κ2) is 5.30.